The van der Waals surface area contributed by atoms with E-state index in [0.29, 0.717) is 13.0 Å². The van der Waals surface area contributed by atoms with E-state index in [0.717, 1.165) is 28.2 Å². The average Bonchev–Trinajstić information content (AvgIpc) is 3.39. The van der Waals surface area contributed by atoms with Crippen molar-refractivity contribution in [2.45, 2.75) is 19.4 Å². The van der Waals surface area contributed by atoms with Gasteiger partial charge in [-0.15, -0.1) is 0 Å². The standard InChI is InChI=1S/C18H16N6O2/c1-11-3-2-6-24-14(11)9-13(22-24)16-15-12(20-10-21-15)4-7-23(16)18(25)17-19-5-8-26-17/h2-3,5-6,8-10,16H,4,7H2,1H3,(H,20,21). The monoisotopic (exact) mass is 348 g/mol. The van der Waals surface area contributed by atoms with Crippen LogP contribution in [0.5, 0.6) is 0 Å². The molecule has 130 valence electrons. The van der Waals surface area contributed by atoms with Crippen molar-refractivity contribution in [1.82, 2.24) is 29.5 Å². The van der Waals surface area contributed by atoms with E-state index >= 15 is 0 Å². The molecule has 8 heteroatoms. The SMILES string of the molecule is Cc1cccn2nc(C3c4nc[nH]c4CCN3C(=O)c3ncco3)cc12. The topological polar surface area (TPSA) is 92.3 Å². The lowest BCUT2D eigenvalue weighted by atomic mass is 9.99. The Kier molecular flexibility index (Phi) is 3.18. The van der Waals surface area contributed by atoms with Crippen LogP contribution in [0.3, 0.4) is 0 Å². The van der Waals surface area contributed by atoms with Crippen molar-refractivity contribution >= 4 is 11.4 Å². The van der Waals surface area contributed by atoms with Crippen LogP contribution in [-0.4, -0.2) is 41.9 Å². The zero-order valence-corrected chi connectivity index (χ0v) is 14.1. The van der Waals surface area contributed by atoms with Crippen LogP contribution in [0.4, 0.5) is 0 Å². The van der Waals surface area contributed by atoms with Gasteiger partial charge in [0.2, 0.25) is 0 Å². The lowest BCUT2D eigenvalue weighted by Crippen LogP contribution is -2.41. The second kappa shape index (κ2) is 5.55. The molecule has 1 amide bonds. The van der Waals surface area contributed by atoms with Gasteiger partial charge in [0.15, 0.2) is 0 Å². The number of hydrogen-bond donors (Lipinski definition) is 1. The summed E-state index contributed by atoms with van der Waals surface area (Å²) in [5.41, 5.74) is 4.74. The number of oxazole rings is 1. The van der Waals surface area contributed by atoms with Crippen LogP contribution in [0, 0.1) is 6.92 Å². The number of amides is 1. The summed E-state index contributed by atoms with van der Waals surface area (Å²) in [6, 6.07) is 5.62. The van der Waals surface area contributed by atoms with Crippen LogP contribution in [0.25, 0.3) is 5.52 Å². The van der Waals surface area contributed by atoms with Crippen LogP contribution in [0.15, 0.2) is 47.6 Å². The Morgan fingerprint density at radius 2 is 2.31 bits per heavy atom. The highest BCUT2D eigenvalue weighted by atomic mass is 16.4. The number of H-pyrrole nitrogens is 1. The molecule has 1 N–H and O–H groups in total. The van der Waals surface area contributed by atoms with Gasteiger partial charge in [0.05, 0.1) is 29.4 Å². The second-order valence-electron chi connectivity index (χ2n) is 6.34. The van der Waals surface area contributed by atoms with E-state index in [1.807, 2.05) is 35.8 Å². The fourth-order valence-corrected chi connectivity index (χ4v) is 3.56. The largest absolute Gasteiger partial charge is 0.441 e. The Balaban J connectivity index is 1.66. The number of carbonyl (C=O) groups excluding carboxylic acids is 1. The van der Waals surface area contributed by atoms with Gasteiger partial charge in [-0.05, 0) is 24.6 Å². The van der Waals surface area contributed by atoms with Crippen molar-refractivity contribution in [1.29, 1.82) is 0 Å². The molecule has 0 saturated heterocycles. The highest BCUT2D eigenvalue weighted by Crippen LogP contribution is 2.34. The van der Waals surface area contributed by atoms with E-state index in [2.05, 4.69) is 15.0 Å². The molecule has 8 nitrogen and oxygen atoms in total. The molecule has 4 aromatic rings. The lowest BCUT2D eigenvalue weighted by Gasteiger charge is -2.32. The minimum atomic E-state index is -0.385. The van der Waals surface area contributed by atoms with Gasteiger partial charge in [-0.25, -0.2) is 14.5 Å². The molecule has 26 heavy (non-hydrogen) atoms. The van der Waals surface area contributed by atoms with Gasteiger partial charge in [-0.3, -0.25) is 4.79 Å². The Hall–Kier alpha value is -3.42. The molecule has 0 saturated carbocycles. The smallest absolute Gasteiger partial charge is 0.310 e. The summed E-state index contributed by atoms with van der Waals surface area (Å²) in [5.74, 6) is -0.184. The minimum Gasteiger partial charge on any atom is -0.441 e. The Labute approximate surface area is 148 Å². The zero-order chi connectivity index (χ0) is 17.7. The molecular weight excluding hydrogens is 332 g/mol. The number of fused-ring (bicyclic) bond motifs is 2. The van der Waals surface area contributed by atoms with E-state index in [1.54, 1.807) is 11.2 Å². The molecule has 0 aromatic carbocycles. The molecule has 1 atom stereocenters. The Morgan fingerprint density at radius 1 is 1.38 bits per heavy atom. The maximum atomic E-state index is 13.0. The van der Waals surface area contributed by atoms with E-state index in [-0.39, 0.29) is 17.8 Å². The molecule has 0 radical (unpaired) electrons. The summed E-state index contributed by atoms with van der Waals surface area (Å²) in [5, 5.41) is 4.71. The highest BCUT2D eigenvalue weighted by Gasteiger charge is 2.37. The lowest BCUT2D eigenvalue weighted by molar-refractivity contribution is 0.0646. The van der Waals surface area contributed by atoms with Gasteiger partial charge < -0.3 is 14.3 Å². The number of rotatable bonds is 2. The van der Waals surface area contributed by atoms with E-state index < -0.39 is 0 Å². The number of nitrogens with zero attached hydrogens (tertiary/aromatic N) is 5. The van der Waals surface area contributed by atoms with Crippen molar-refractivity contribution in [2.24, 2.45) is 0 Å². The number of aromatic nitrogens is 5. The molecule has 0 fully saturated rings. The third-order valence-corrected chi connectivity index (χ3v) is 4.81. The first kappa shape index (κ1) is 14.9. The first-order valence-corrected chi connectivity index (χ1v) is 8.40. The molecule has 4 aromatic heterocycles. The number of carbonyl (C=O) groups is 1. The summed E-state index contributed by atoms with van der Waals surface area (Å²) < 4.78 is 7.06. The van der Waals surface area contributed by atoms with Crippen LogP contribution in [0.2, 0.25) is 0 Å². The summed E-state index contributed by atoms with van der Waals surface area (Å²) in [4.78, 5) is 26.3. The first-order valence-electron chi connectivity index (χ1n) is 8.40. The molecule has 5 heterocycles. The van der Waals surface area contributed by atoms with Gasteiger partial charge in [-0.2, -0.15) is 5.10 Å². The quantitative estimate of drug-likeness (QED) is 0.599. The van der Waals surface area contributed by atoms with Crippen molar-refractivity contribution in [2.75, 3.05) is 6.54 Å². The van der Waals surface area contributed by atoms with E-state index in [1.165, 1.54) is 12.5 Å². The van der Waals surface area contributed by atoms with E-state index in [4.69, 9.17) is 9.52 Å². The molecule has 0 aliphatic carbocycles. The number of aryl methyl sites for hydroxylation is 1. The van der Waals surface area contributed by atoms with Gasteiger partial charge in [0.25, 0.3) is 5.89 Å². The number of nitrogens with one attached hydrogen (secondary N) is 1. The summed E-state index contributed by atoms with van der Waals surface area (Å²) in [6.45, 7) is 2.57. The second-order valence-corrected chi connectivity index (χ2v) is 6.34. The van der Waals surface area contributed by atoms with Crippen molar-refractivity contribution in [3.05, 3.63) is 71.7 Å². The molecule has 1 aliphatic heterocycles. The molecule has 0 spiro atoms. The highest BCUT2D eigenvalue weighted by molar-refractivity contribution is 5.90. The van der Waals surface area contributed by atoms with Gasteiger partial charge in [-0.1, -0.05) is 6.07 Å². The van der Waals surface area contributed by atoms with Gasteiger partial charge >= 0.3 is 5.91 Å². The first-order chi connectivity index (χ1) is 12.7. The molecule has 5 rings (SSSR count). The van der Waals surface area contributed by atoms with Crippen molar-refractivity contribution in [3.8, 4) is 0 Å². The predicted octanol–water partition coefficient (Wildman–Crippen LogP) is 2.14. The number of imidazole rings is 1. The maximum Gasteiger partial charge on any atom is 0.310 e. The van der Waals surface area contributed by atoms with Crippen molar-refractivity contribution < 1.29 is 9.21 Å². The average molecular weight is 348 g/mol. The fraction of sp³-hybridized carbons (Fsp3) is 0.222. The fourth-order valence-electron chi connectivity index (χ4n) is 3.56. The normalized spacial score (nSPS) is 16.8. The molecule has 0 bridgehead atoms. The number of hydrogen-bond acceptors (Lipinski definition) is 5. The summed E-state index contributed by atoms with van der Waals surface area (Å²) in [6.07, 6.45) is 7.14. The third kappa shape index (κ3) is 2.15. The molecule has 1 unspecified atom stereocenters. The zero-order valence-electron chi connectivity index (χ0n) is 14.1. The molecular formula is C18H16N6O2. The third-order valence-electron chi connectivity index (χ3n) is 4.81. The number of pyridine rings is 1. The van der Waals surface area contributed by atoms with Crippen LogP contribution in [-0.2, 0) is 6.42 Å². The van der Waals surface area contributed by atoms with Gasteiger partial charge in [0, 0.05) is 24.9 Å². The Bertz CT molecular complexity index is 1090. The van der Waals surface area contributed by atoms with E-state index in [9.17, 15) is 4.79 Å². The minimum absolute atomic E-state index is 0.0777. The van der Waals surface area contributed by atoms with Crippen LogP contribution in [0.1, 0.15) is 39.4 Å². The van der Waals surface area contributed by atoms with Gasteiger partial charge in [0.1, 0.15) is 12.3 Å². The number of aromatic amines is 1. The maximum absolute atomic E-state index is 13.0. The predicted molar refractivity (Wildman–Crippen MR) is 91.6 cm³/mol. The Morgan fingerprint density at radius 3 is 3.12 bits per heavy atom. The molecule has 1 aliphatic rings. The van der Waals surface area contributed by atoms with Crippen LogP contribution < -0.4 is 0 Å². The van der Waals surface area contributed by atoms with Crippen LogP contribution >= 0.6 is 0 Å². The summed E-state index contributed by atoms with van der Waals surface area (Å²) >= 11 is 0. The van der Waals surface area contributed by atoms with Crippen molar-refractivity contribution in [3.63, 3.8) is 0 Å². The summed E-state index contributed by atoms with van der Waals surface area (Å²) in [7, 11) is 0.